The van der Waals surface area contributed by atoms with Crippen LogP contribution in [0.1, 0.15) is 13.9 Å². The van der Waals surface area contributed by atoms with Crippen molar-refractivity contribution in [1.82, 2.24) is 9.55 Å². The Labute approximate surface area is 183 Å². The highest BCUT2D eigenvalue weighted by Crippen LogP contribution is 2.33. The second-order valence-corrected chi connectivity index (χ2v) is 9.58. The maximum Gasteiger partial charge on any atom is 0.263 e. The molecule has 1 atom stereocenters. The molecule has 1 aliphatic rings. The average molecular weight is 455 g/mol. The smallest absolute Gasteiger partial charge is 0.263 e. The number of para-hydroxylation sites is 1. The number of fused-ring (bicyclic) bond motifs is 1. The molecule has 10 heteroatoms. The van der Waals surface area contributed by atoms with E-state index in [0.29, 0.717) is 5.69 Å². The van der Waals surface area contributed by atoms with Crippen LogP contribution in [0, 0.1) is 0 Å². The minimum absolute atomic E-state index is 0. The number of rotatable bonds is 5. The Balaban J connectivity index is 0.00000245. The minimum Gasteiger partial charge on any atom is -0.334 e. The predicted molar refractivity (Wildman–Crippen MR) is 120 cm³/mol. The van der Waals surface area contributed by atoms with Gasteiger partial charge in [-0.05, 0) is 41.8 Å². The van der Waals surface area contributed by atoms with E-state index in [1.807, 2.05) is 41.1 Å². The van der Waals surface area contributed by atoms with Crippen molar-refractivity contribution in [3.05, 3.63) is 72.4 Å². The number of aromatic nitrogens is 2. The van der Waals surface area contributed by atoms with Crippen molar-refractivity contribution < 1.29 is 19.4 Å². The van der Waals surface area contributed by atoms with Crippen molar-refractivity contribution in [2.75, 3.05) is 9.62 Å². The Morgan fingerprint density at radius 2 is 1.84 bits per heavy atom. The number of imide groups is 1. The van der Waals surface area contributed by atoms with E-state index in [1.165, 1.54) is 41.8 Å². The van der Waals surface area contributed by atoms with Gasteiger partial charge < -0.3 is 4.57 Å². The summed E-state index contributed by atoms with van der Waals surface area (Å²) in [5, 5.41) is 2.91. The molecule has 4 aromatic rings. The first-order valence-electron chi connectivity index (χ1n) is 9.39. The van der Waals surface area contributed by atoms with E-state index in [0.717, 1.165) is 15.8 Å². The van der Waals surface area contributed by atoms with Crippen LogP contribution >= 0.6 is 11.3 Å². The van der Waals surface area contributed by atoms with E-state index in [-0.39, 0.29) is 29.7 Å². The summed E-state index contributed by atoms with van der Waals surface area (Å²) >= 11 is 1.17. The number of hydrogen-bond acceptors (Lipinski definition) is 6. The molecule has 1 unspecified atom stereocenters. The Bertz CT molecular complexity index is 1400. The Morgan fingerprint density at radius 1 is 1.06 bits per heavy atom. The second kappa shape index (κ2) is 7.33. The van der Waals surface area contributed by atoms with Crippen LogP contribution in [0.15, 0.2) is 77.3 Å². The van der Waals surface area contributed by atoms with Gasteiger partial charge in [0.05, 0.1) is 17.0 Å². The van der Waals surface area contributed by atoms with Gasteiger partial charge in [0.15, 0.2) is 5.13 Å². The molecule has 158 valence electrons. The lowest BCUT2D eigenvalue weighted by Gasteiger charge is -2.16. The summed E-state index contributed by atoms with van der Waals surface area (Å²) < 4.78 is 29.2. The quantitative estimate of drug-likeness (QED) is 0.464. The van der Waals surface area contributed by atoms with Gasteiger partial charge in [-0.3, -0.25) is 14.3 Å². The van der Waals surface area contributed by atoms with Gasteiger partial charge in [0.1, 0.15) is 6.04 Å². The van der Waals surface area contributed by atoms with E-state index in [9.17, 15) is 18.0 Å². The average Bonchev–Trinajstić information content (AvgIpc) is 3.47. The molecule has 0 aliphatic carbocycles. The first-order chi connectivity index (χ1) is 14.9. The molecule has 31 heavy (non-hydrogen) atoms. The van der Waals surface area contributed by atoms with Crippen LogP contribution in [-0.4, -0.2) is 29.8 Å². The lowest BCUT2D eigenvalue weighted by atomic mass is 10.2. The third-order valence-electron chi connectivity index (χ3n) is 5.15. The SMILES string of the molecule is O=C1CC(n2ccc3ccccc32)C(=O)N1c1ccc(S(=O)(=O)Nc2nccs2)cc1.[HH]. The van der Waals surface area contributed by atoms with E-state index in [1.54, 1.807) is 5.38 Å². The zero-order chi connectivity index (χ0) is 21.6. The maximum absolute atomic E-state index is 13.1. The lowest BCUT2D eigenvalue weighted by molar-refractivity contribution is -0.122. The van der Waals surface area contributed by atoms with Gasteiger partial charge in [-0.1, -0.05) is 18.2 Å². The molecule has 3 heterocycles. The highest BCUT2D eigenvalue weighted by molar-refractivity contribution is 7.93. The molecule has 1 N–H and O–H groups in total. The minimum atomic E-state index is -3.82. The van der Waals surface area contributed by atoms with Crippen molar-refractivity contribution in [3.63, 3.8) is 0 Å². The van der Waals surface area contributed by atoms with Crippen molar-refractivity contribution in [2.45, 2.75) is 17.4 Å². The highest BCUT2D eigenvalue weighted by Gasteiger charge is 2.41. The largest absolute Gasteiger partial charge is 0.334 e. The normalized spacial score (nSPS) is 16.9. The van der Waals surface area contributed by atoms with Crippen LogP contribution in [0.2, 0.25) is 0 Å². The summed E-state index contributed by atoms with van der Waals surface area (Å²) in [6, 6.07) is 14.6. The molecule has 2 aromatic heterocycles. The summed E-state index contributed by atoms with van der Waals surface area (Å²) in [5.41, 5.74) is 1.22. The van der Waals surface area contributed by atoms with Gasteiger partial charge >= 0.3 is 0 Å². The zero-order valence-electron chi connectivity index (χ0n) is 16.0. The van der Waals surface area contributed by atoms with E-state index >= 15 is 0 Å². The van der Waals surface area contributed by atoms with Crippen LogP contribution < -0.4 is 9.62 Å². The molecule has 2 aromatic carbocycles. The Hall–Kier alpha value is -3.50. The molecule has 1 saturated heterocycles. The highest BCUT2D eigenvalue weighted by atomic mass is 32.2. The van der Waals surface area contributed by atoms with Crippen molar-refractivity contribution >= 4 is 54.9 Å². The molecular weight excluding hydrogens is 436 g/mol. The summed E-state index contributed by atoms with van der Waals surface area (Å²) in [7, 11) is -3.82. The second-order valence-electron chi connectivity index (χ2n) is 7.01. The van der Waals surface area contributed by atoms with Crippen LogP contribution in [0.3, 0.4) is 0 Å². The number of anilines is 2. The molecule has 2 amide bonds. The number of nitrogens with zero attached hydrogens (tertiary/aromatic N) is 3. The third kappa shape index (κ3) is 3.39. The van der Waals surface area contributed by atoms with Crippen LogP contribution in [-0.2, 0) is 19.6 Å². The van der Waals surface area contributed by atoms with Crippen molar-refractivity contribution in [2.24, 2.45) is 0 Å². The first-order valence-corrected chi connectivity index (χ1v) is 11.7. The van der Waals surface area contributed by atoms with Gasteiger partial charge in [-0.25, -0.2) is 18.3 Å². The molecule has 5 rings (SSSR count). The third-order valence-corrected chi connectivity index (χ3v) is 7.32. The van der Waals surface area contributed by atoms with Crippen LogP contribution in [0.25, 0.3) is 10.9 Å². The molecule has 0 bridgehead atoms. The molecular formula is C21H18N4O4S2. The van der Waals surface area contributed by atoms with Crippen molar-refractivity contribution in [3.8, 4) is 0 Å². The topological polar surface area (TPSA) is 101 Å². The molecule has 0 spiro atoms. The molecule has 1 fully saturated rings. The number of nitrogens with one attached hydrogen (secondary N) is 1. The number of benzene rings is 2. The van der Waals surface area contributed by atoms with Gasteiger partial charge in [0, 0.05) is 24.7 Å². The Kier molecular flexibility index (Phi) is 4.60. The van der Waals surface area contributed by atoms with Crippen molar-refractivity contribution in [1.29, 1.82) is 0 Å². The number of amides is 2. The monoisotopic (exact) mass is 454 g/mol. The lowest BCUT2D eigenvalue weighted by Crippen LogP contribution is -2.31. The number of carbonyl (C=O) groups is 2. The van der Waals surface area contributed by atoms with E-state index in [2.05, 4.69) is 9.71 Å². The fourth-order valence-corrected chi connectivity index (χ4v) is 5.49. The molecule has 8 nitrogen and oxygen atoms in total. The summed E-state index contributed by atoms with van der Waals surface area (Å²) in [6.45, 7) is 0. The maximum atomic E-state index is 13.1. The van der Waals surface area contributed by atoms with Gasteiger partial charge in [0.2, 0.25) is 5.91 Å². The van der Waals surface area contributed by atoms with E-state index in [4.69, 9.17) is 0 Å². The molecule has 0 saturated carbocycles. The van der Waals surface area contributed by atoms with E-state index < -0.39 is 16.1 Å². The standard InChI is InChI=1S/C21H16N4O4S2.H2/c26-19-13-18(24-11-9-14-3-1-2-4-17(14)24)20(27)25(19)15-5-7-16(8-6-15)31(28,29)23-21-22-10-12-30-21;/h1-12,18H,13H2,(H,22,23);1H. The number of sulfonamides is 1. The summed E-state index contributed by atoms with van der Waals surface area (Å²) in [6.07, 6.45) is 3.35. The summed E-state index contributed by atoms with van der Waals surface area (Å²) in [4.78, 5) is 30.8. The zero-order valence-corrected chi connectivity index (χ0v) is 17.6. The fraction of sp³-hybridized carbons (Fsp3) is 0.0952. The number of thiazole rings is 1. The van der Waals surface area contributed by atoms with Crippen LogP contribution in [0.4, 0.5) is 10.8 Å². The number of carbonyl (C=O) groups excluding carboxylic acids is 2. The first kappa shape index (κ1) is 19.5. The number of hydrogen-bond donors (Lipinski definition) is 1. The Morgan fingerprint density at radius 3 is 2.58 bits per heavy atom. The van der Waals surface area contributed by atoms with Gasteiger partial charge in [0.25, 0.3) is 15.9 Å². The van der Waals surface area contributed by atoms with Gasteiger partial charge in [-0.15, -0.1) is 11.3 Å². The van der Waals surface area contributed by atoms with Gasteiger partial charge in [-0.2, -0.15) is 0 Å². The van der Waals surface area contributed by atoms with Crippen LogP contribution in [0.5, 0.6) is 0 Å². The summed E-state index contributed by atoms with van der Waals surface area (Å²) in [5.74, 6) is -0.674. The molecule has 0 radical (unpaired) electrons. The molecule has 1 aliphatic heterocycles. The predicted octanol–water partition coefficient (Wildman–Crippen LogP) is 3.65. The fourth-order valence-electron chi connectivity index (χ4n) is 3.70.